The van der Waals surface area contributed by atoms with Crippen LogP contribution >= 0.6 is 0 Å². The molecule has 2 aromatic carbocycles. The van der Waals surface area contributed by atoms with Crippen molar-refractivity contribution in [2.45, 2.75) is 19.5 Å². The second-order valence-electron chi connectivity index (χ2n) is 8.49. The minimum absolute atomic E-state index is 0.0874. The summed E-state index contributed by atoms with van der Waals surface area (Å²) in [6.07, 6.45) is -4.54. The zero-order chi connectivity index (χ0) is 25.2. The van der Waals surface area contributed by atoms with Crippen molar-refractivity contribution in [2.75, 3.05) is 44.2 Å². The van der Waals surface area contributed by atoms with Crippen LogP contribution in [0.25, 0.3) is 0 Å². The molecule has 0 bridgehead atoms. The maximum absolute atomic E-state index is 13.3. The van der Waals surface area contributed by atoms with Gasteiger partial charge in [0.2, 0.25) is 11.8 Å². The van der Waals surface area contributed by atoms with Crippen molar-refractivity contribution >= 4 is 23.4 Å². The van der Waals surface area contributed by atoms with E-state index < -0.39 is 29.1 Å². The molecule has 2 aliphatic rings. The first-order chi connectivity index (χ1) is 16.7. The van der Waals surface area contributed by atoms with E-state index in [0.717, 1.165) is 6.07 Å². The first-order valence-corrected chi connectivity index (χ1v) is 11.5. The van der Waals surface area contributed by atoms with E-state index in [0.29, 0.717) is 18.0 Å². The highest BCUT2D eigenvalue weighted by atomic mass is 19.4. The molecule has 0 radical (unpaired) electrons. The molecule has 1 unspecified atom stereocenters. The van der Waals surface area contributed by atoms with Gasteiger partial charge in [-0.1, -0.05) is 12.1 Å². The highest BCUT2D eigenvalue weighted by Gasteiger charge is 2.39. The summed E-state index contributed by atoms with van der Waals surface area (Å²) >= 11 is 0. The van der Waals surface area contributed by atoms with Crippen molar-refractivity contribution in [2.24, 2.45) is 5.92 Å². The number of alkyl halides is 3. The first kappa shape index (κ1) is 24.6. The monoisotopic (exact) mass is 489 g/mol. The number of rotatable bonds is 5. The van der Waals surface area contributed by atoms with E-state index in [1.807, 2.05) is 6.92 Å². The van der Waals surface area contributed by atoms with E-state index >= 15 is 0 Å². The highest BCUT2D eigenvalue weighted by Crippen LogP contribution is 2.33. The quantitative estimate of drug-likeness (QED) is 0.645. The Bertz CT molecular complexity index is 1100. The number of halogens is 3. The van der Waals surface area contributed by atoms with Gasteiger partial charge in [0.15, 0.2) is 0 Å². The summed E-state index contributed by atoms with van der Waals surface area (Å²) in [6, 6.07) is 11.8. The lowest BCUT2D eigenvalue weighted by Gasteiger charge is -2.36. The Labute approximate surface area is 201 Å². The number of ether oxygens (including phenoxy) is 1. The molecule has 186 valence electrons. The highest BCUT2D eigenvalue weighted by molar-refractivity contribution is 6.00. The number of hydrogen-bond donors (Lipinski definition) is 0. The van der Waals surface area contributed by atoms with Crippen molar-refractivity contribution in [3.05, 3.63) is 59.7 Å². The summed E-state index contributed by atoms with van der Waals surface area (Å²) in [6.45, 7) is 3.32. The number of carbonyl (C=O) groups is 3. The lowest BCUT2D eigenvalue weighted by molar-refractivity contribution is -0.138. The van der Waals surface area contributed by atoms with Crippen LogP contribution in [0.15, 0.2) is 48.5 Å². The van der Waals surface area contributed by atoms with Crippen LogP contribution in [0.2, 0.25) is 0 Å². The molecule has 2 heterocycles. The third-order valence-electron chi connectivity index (χ3n) is 6.28. The maximum Gasteiger partial charge on any atom is 0.417 e. The zero-order valence-corrected chi connectivity index (χ0v) is 19.3. The summed E-state index contributed by atoms with van der Waals surface area (Å²) in [5, 5.41) is 0. The predicted molar refractivity (Wildman–Crippen MR) is 122 cm³/mol. The molecule has 4 rings (SSSR count). The van der Waals surface area contributed by atoms with E-state index in [1.165, 1.54) is 23.1 Å². The normalized spacial score (nSPS) is 18.7. The summed E-state index contributed by atoms with van der Waals surface area (Å²) in [5.41, 5.74) is -0.679. The second kappa shape index (κ2) is 9.97. The van der Waals surface area contributed by atoms with Gasteiger partial charge in [0, 0.05) is 44.8 Å². The number of piperazine rings is 1. The standard InChI is InChI=1S/C25H26F3N3O4/c1-2-35-19-9-7-18(8-10-19)31-16-17(15-22(31)32)23(33)29-11-13-30(14-12-29)24(34)20-5-3-4-6-21(20)25(26,27)28/h3-10,17H,2,11-16H2,1H3. The molecule has 2 aromatic rings. The Morgan fingerprint density at radius 1 is 0.971 bits per heavy atom. The van der Waals surface area contributed by atoms with Crippen molar-refractivity contribution in [1.29, 1.82) is 0 Å². The number of hydrogen-bond acceptors (Lipinski definition) is 4. The summed E-state index contributed by atoms with van der Waals surface area (Å²) in [5.74, 6) is -0.856. The minimum atomic E-state index is -4.63. The molecule has 2 fully saturated rings. The molecule has 0 aromatic heterocycles. The van der Waals surface area contributed by atoms with Crippen LogP contribution in [-0.2, 0) is 15.8 Å². The molecule has 0 N–H and O–H groups in total. The van der Waals surface area contributed by atoms with Crippen molar-refractivity contribution in [1.82, 2.24) is 9.80 Å². The van der Waals surface area contributed by atoms with Gasteiger partial charge >= 0.3 is 6.18 Å². The lowest BCUT2D eigenvalue weighted by atomic mass is 10.0. The van der Waals surface area contributed by atoms with E-state index in [4.69, 9.17) is 4.74 Å². The number of nitrogens with zero attached hydrogens (tertiary/aromatic N) is 3. The van der Waals surface area contributed by atoms with Crippen molar-refractivity contribution in [3.8, 4) is 5.75 Å². The molecule has 0 aliphatic carbocycles. The third-order valence-corrected chi connectivity index (χ3v) is 6.28. The predicted octanol–water partition coefficient (Wildman–Crippen LogP) is 3.44. The Hall–Kier alpha value is -3.56. The molecular weight excluding hydrogens is 463 g/mol. The average Bonchev–Trinajstić information content (AvgIpc) is 3.25. The average molecular weight is 489 g/mol. The van der Waals surface area contributed by atoms with Crippen molar-refractivity contribution in [3.63, 3.8) is 0 Å². The van der Waals surface area contributed by atoms with Crippen LogP contribution in [0, 0.1) is 5.92 Å². The fourth-order valence-electron chi connectivity index (χ4n) is 4.49. The molecule has 0 spiro atoms. The molecule has 10 heteroatoms. The smallest absolute Gasteiger partial charge is 0.417 e. The van der Waals surface area contributed by atoms with Crippen LogP contribution < -0.4 is 9.64 Å². The number of benzene rings is 2. The van der Waals surface area contributed by atoms with Gasteiger partial charge in [-0.3, -0.25) is 14.4 Å². The first-order valence-electron chi connectivity index (χ1n) is 11.5. The number of carbonyl (C=O) groups excluding carboxylic acids is 3. The summed E-state index contributed by atoms with van der Waals surface area (Å²) in [4.78, 5) is 42.9. The Morgan fingerprint density at radius 2 is 1.60 bits per heavy atom. The van der Waals surface area contributed by atoms with Gasteiger partial charge < -0.3 is 19.4 Å². The van der Waals surface area contributed by atoms with Gasteiger partial charge in [-0.25, -0.2) is 0 Å². The molecule has 2 aliphatic heterocycles. The van der Waals surface area contributed by atoms with Gasteiger partial charge in [0.05, 0.1) is 23.7 Å². The van der Waals surface area contributed by atoms with Crippen LogP contribution in [0.4, 0.5) is 18.9 Å². The summed E-state index contributed by atoms with van der Waals surface area (Å²) in [7, 11) is 0. The number of anilines is 1. The molecular formula is C25H26F3N3O4. The topological polar surface area (TPSA) is 70.2 Å². The fraction of sp³-hybridized carbons (Fsp3) is 0.400. The van der Waals surface area contributed by atoms with Gasteiger partial charge in [0.1, 0.15) is 5.75 Å². The van der Waals surface area contributed by atoms with E-state index in [-0.39, 0.29) is 51.0 Å². The molecule has 7 nitrogen and oxygen atoms in total. The van der Waals surface area contributed by atoms with Gasteiger partial charge in [-0.05, 0) is 43.3 Å². The fourth-order valence-corrected chi connectivity index (χ4v) is 4.49. The second-order valence-corrected chi connectivity index (χ2v) is 8.49. The lowest BCUT2D eigenvalue weighted by Crippen LogP contribution is -2.52. The molecule has 35 heavy (non-hydrogen) atoms. The third kappa shape index (κ3) is 5.26. The zero-order valence-electron chi connectivity index (χ0n) is 19.3. The molecule has 0 saturated carbocycles. The maximum atomic E-state index is 13.3. The SMILES string of the molecule is CCOc1ccc(N2CC(C(=O)N3CCN(C(=O)c4ccccc4C(F)(F)F)CC3)CC2=O)cc1. The Kier molecular flexibility index (Phi) is 7.00. The van der Waals surface area contributed by atoms with Crippen LogP contribution in [0.3, 0.4) is 0 Å². The molecule has 1 atom stereocenters. The van der Waals surface area contributed by atoms with Gasteiger partial charge in [-0.2, -0.15) is 13.2 Å². The van der Waals surface area contributed by atoms with E-state index in [2.05, 4.69) is 0 Å². The van der Waals surface area contributed by atoms with Gasteiger partial charge in [-0.15, -0.1) is 0 Å². The largest absolute Gasteiger partial charge is 0.494 e. The van der Waals surface area contributed by atoms with Crippen LogP contribution in [-0.4, -0.2) is 66.9 Å². The summed E-state index contributed by atoms with van der Waals surface area (Å²) < 4.78 is 45.3. The minimum Gasteiger partial charge on any atom is -0.494 e. The van der Waals surface area contributed by atoms with Crippen LogP contribution in [0.5, 0.6) is 5.75 Å². The molecule has 2 saturated heterocycles. The molecule has 3 amide bonds. The van der Waals surface area contributed by atoms with E-state index in [1.54, 1.807) is 34.1 Å². The van der Waals surface area contributed by atoms with Gasteiger partial charge in [0.25, 0.3) is 5.91 Å². The number of amides is 3. The van der Waals surface area contributed by atoms with Crippen LogP contribution in [0.1, 0.15) is 29.3 Å². The Morgan fingerprint density at radius 3 is 2.23 bits per heavy atom. The Balaban J connectivity index is 1.36. The van der Waals surface area contributed by atoms with E-state index in [9.17, 15) is 27.6 Å². The van der Waals surface area contributed by atoms with Crippen molar-refractivity contribution < 1.29 is 32.3 Å².